The molecule has 2 atom stereocenters. The summed E-state index contributed by atoms with van der Waals surface area (Å²) in [6.45, 7) is 0. The second-order valence-corrected chi connectivity index (χ2v) is 8.73. The standard InChI is InChI=1S/C19H17F5N2O4S/c20-11-8-12(21)17(31(29,30)26-15-3-1-2-4-16(15)27)7-10(11)19(28)25-9-5-13(22)18(24)14(23)6-9/h5-8,15-16,26-27H,1-4H2,(H,25,28). The highest BCUT2D eigenvalue weighted by molar-refractivity contribution is 7.89. The van der Waals surface area contributed by atoms with Crippen LogP contribution in [0.1, 0.15) is 36.0 Å². The van der Waals surface area contributed by atoms with Crippen LogP contribution < -0.4 is 10.0 Å². The fourth-order valence-electron chi connectivity index (χ4n) is 3.25. The van der Waals surface area contributed by atoms with Crippen molar-refractivity contribution in [1.29, 1.82) is 0 Å². The number of benzene rings is 2. The number of aliphatic hydroxyl groups excluding tert-OH is 1. The Hall–Kier alpha value is -2.57. The summed E-state index contributed by atoms with van der Waals surface area (Å²) in [6, 6.07) is 0.578. The highest BCUT2D eigenvalue weighted by atomic mass is 32.2. The van der Waals surface area contributed by atoms with E-state index in [0.29, 0.717) is 43.9 Å². The fourth-order valence-corrected chi connectivity index (χ4v) is 4.64. The predicted octanol–water partition coefficient (Wildman–Crippen LogP) is 3.22. The van der Waals surface area contributed by atoms with E-state index in [4.69, 9.17) is 0 Å². The zero-order valence-corrected chi connectivity index (χ0v) is 16.6. The summed E-state index contributed by atoms with van der Waals surface area (Å²) in [7, 11) is -4.59. The first-order valence-electron chi connectivity index (χ1n) is 9.15. The van der Waals surface area contributed by atoms with Crippen molar-refractivity contribution < 1.29 is 40.3 Å². The van der Waals surface area contributed by atoms with Crippen molar-refractivity contribution in [2.75, 3.05) is 5.32 Å². The van der Waals surface area contributed by atoms with Crippen LogP contribution in [0.25, 0.3) is 0 Å². The van der Waals surface area contributed by atoms with Crippen LogP contribution in [0.15, 0.2) is 29.2 Å². The number of carbonyl (C=O) groups is 1. The summed E-state index contributed by atoms with van der Waals surface area (Å²) in [5.41, 5.74) is -1.51. The minimum absolute atomic E-state index is 0.173. The molecule has 1 aliphatic carbocycles. The molecule has 168 valence electrons. The average Bonchev–Trinajstić information content (AvgIpc) is 2.67. The van der Waals surface area contributed by atoms with Gasteiger partial charge in [-0.2, -0.15) is 0 Å². The number of nitrogens with one attached hydrogen (secondary N) is 2. The van der Waals surface area contributed by atoms with E-state index in [1.54, 1.807) is 0 Å². The fraction of sp³-hybridized carbons (Fsp3) is 0.316. The third-order valence-corrected chi connectivity index (χ3v) is 6.34. The van der Waals surface area contributed by atoms with Crippen LogP contribution in [0.5, 0.6) is 0 Å². The molecule has 0 radical (unpaired) electrons. The van der Waals surface area contributed by atoms with Crippen LogP contribution in [-0.4, -0.2) is 31.6 Å². The zero-order chi connectivity index (χ0) is 22.9. The van der Waals surface area contributed by atoms with Gasteiger partial charge < -0.3 is 10.4 Å². The Kier molecular flexibility index (Phi) is 6.62. The quantitative estimate of drug-likeness (QED) is 0.468. The SMILES string of the molecule is O=C(Nc1cc(F)c(F)c(F)c1)c1cc(S(=O)(=O)NC2CCCCC2O)c(F)cc1F. The van der Waals surface area contributed by atoms with Gasteiger partial charge in [0.2, 0.25) is 10.0 Å². The van der Waals surface area contributed by atoms with E-state index in [1.807, 2.05) is 5.32 Å². The Morgan fingerprint density at radius 2 is 1.52 bits per heavy atom. The maximum Gasteiger partial charge on any atom is 0.258 e. The third kappa shape index (κ3) is 5.02. The van der Waals surface area contributed by atoms with Crippen molar-refractivity contribution in [3.63, 3.8) is 0 Å². The molecule has 3 N–H and O–H groups in total. The van der Waals surface area contributed by atoms with E-state index in [0.717, 1.165) is 0 Å². The Morgan fingerprint density at radius 1 is 0.903 bits per heavy atom. The Labute approximate surface area is 174 Å². The molecular weight excluding hydrogens is 447 g/mol. The van der Waals surface area contributed by atoms with Gasteiger partial charge in [0, 0.05) is 29.9 Å². The second-order valence-electron chi connectivity index (χ2n) is 7.05. The monoisotopic (exact) mass is 464 g/mol. The van der Waals surface area contributed by atoms with Crippen LogP contribution in [0.3, 0.4) is 0 Å². The smallest absolute Gasteiger partial charge is 0.258 e. The van der Waals surface area contributed by atoms with Crippen molar-refractivity contribution in [2.24, 2.45) is 0 Å². The number of hydrogen-bond acceptors (Lipinski definition) is 4. The average molecular weight is 464 g/mol. The van der Waals surface area contributed by atoms with Gasteiger partial charge >= 0.3 is 0 Å². The number of aliphatic hydroxyl groups is 1. The van der Waals surface area contributed by atoms with Crippen LogP contribution in [-0.2, 0) is 10.0 Å². The maximum atomic E-state index is 14.2. The summed E-state index contributed by atoms with van der Waals surface area (Å²) in [5, 5.41) is 11.8. The molecule has 6 nitrogen and oxygen atoms in total. The number of amides is 1. The van der Waals surface area contributed by atoms with Gasteiger partial charge in [-0.05, 0) is 18.9 Å². The molecule has 0 saturated heterocycles. The van der Waals surface area contributed by atoms with E-state index >= 15 is 0 Å². The summed E-state index contributed by atoms with van der Waals surface area (Å²) in [4.78, 5) is 11.3. The molecule has 3 rings (SSSR count). The van der Waals surface area contributed by atoms with Crippen molar-refractivity contribution in [1.82, 2.24) is 4.72 Å². The lowest BCUT2D eigenvalue weighted by Gasteiger charge is -2.28. The molecule has 0 heterocycles. The van der Waals surface area contributed by atoms with Crippen LogP contribution >= 0.6 is 0 Å². The molecule has 0 aliphatic heterocycles. The summed E-state index contributed by atoms with van der Waals surface area (Å²) >= 11 is 0. The molecule has 1 amide bonds. The first kappa shape index (κ1) is 23.1. The van der Waals surface area contributed by atoms with Gasteiger partial charge in [-0.3, -0.25) is 4.79 Å². The van der Waals surface area contributed by atoms with E-state index in [1.165, 1.54) is 0 Å². The molecule has 2 aromatic carbocycles. The Bertz CT molecular complexity index is 1100. The largest absolute Gasteiger partial charge is 0.391 e. The van der Waals surface area contributed by atoms with E-state index in [9.17, 15) is 40.3 Å². The van der Waals surface area contributed by atoms with Gasteiger partial charge in [0.1, 0.15) is 16.5 Å². The molecule has 1 saturated carbocycles. The van der Waals surface area contributed by atoms with E-state index in [2.05, 4.69) is 4.72 Å². The number of rotatable bonds is 5. The van der Waals surface area contributed by atoms with Gasteiger partial charge in [0.15, 0.2) is 17.5 Å². The minimum Gasteiger partial charge on any atom is -0.391 e. The Balaban J connectivity index is 1.90. The molecule has 0 aromatic heterocycles. The van der Waals surface area contributed by atoms with Gasteiger partial charge in [0.05, 0.1) is 11.7 Å². The van der Waals surface area contributed by atoms with Crippen LogP contribution in [0.4, 0.5) is 27.6 Å². The zero-order valence-electron chi connectivity index (χ0n) is 15.8. The Morgan fingerprint density at radius 3 is 2.13 bits per heavy atom. The first-order valence-corrected chi connectivity index (χ1v) is 10.6. The van der Waals surface area contributed by atoms with Crippen molar-refractivity contribution >= 4 is 21.6 Å². The molecule has 0 bridgehead atoms. The summed E-state index contributed by atoms with van der Waals surface area (Å²) in [5.74, 6) is -9.28. The normalized spacial score (nSPS) is 19.3. The molecule has 2 unspecified atom stereocenters. The summed E-state index contributed by atoms with van der Waals surface area (Å²) < 4.78 is 95.3. The van der Waals surface area contributed by atoms with Gasteiger partial charge in [0.25, 0.3) is 5.91 Å². The van der Waals surface area contributed by atoms with Gasteiger partial charge in [-0.15, -0.1) is 0 Å². The number of anilines is 1. The van der Waals surface area contributed by atoms with Gasteiger partial charge in [-0.1, -0.05) is 12.8 Å². The molecule has 0 spiro atoms. The van der Waals surface area contributed by atoms with Crippen LogP contribution in [0.2, 0.25) is 0 Å². The third-order valence-electron chi connectivity index (χ3n) is 4.83. The second kappa shape index (κ2) is 8.89. The number of halogens is 5. The molecule has 1 fully saturated rings. The van der Waals surface area contributed by atoms with Crippen molar-refractivity contribution in [3.05, 3.63) is 58.9 Å². The van der Waals surface area contributed by atoms with Crippen molar-refractivity contribution in [2.45, 2.75) is 42.7 Å². The number of hydrogen-bond donors (Lipinski definition) is 3. The first-order chi connectivity index (χ1) is 14.5. The lowest BCUT2D eigenvalue weighted by atomic mass is 9.93. The van der Waals surface area contributed by atoms with Gasteiger partial charge in [-0.25, -0.2) is 35.1 Å². The topological polar surface area (TPSA) is 95.5 Å². The number of sulfonamides is 1. The summed E-state index contributed by atoms with van der Waals surface area (Å²) in [6.07, 6.45) is 0.988. The highest BCUT2D eigenvalue weighted by Crippen LogP contribution is 2.25. The minimum atomic E-state index is -4.59. The van der Waals surface area contributed by atoms with Crippen molar-refractivity contribution in [3.8, 4) is 0 Å². The number of carbonyl (C=O) groups excluding carboxylic acids is 1. The van der Waals surface area contributed by atoms with E-state index < -0.39 is 73.3 Å². The maximum absolute atomic E-state index is 14.2. The molecule has 12 heteroatoms. The predicted molar refractivity (Wildman–Crippen MR) is 99.2 cm³/mol. The highest BCUT2D eigenvalue weighted by Gasteiger charge is 2.31. The molecular formula is C19H17F5N2O4S. The molecule has 31 heavy (non-hydrogen) atoms. The van der Waals surface area contributed by atoms with E-state index in [-0.39, 0.29) is 6.07 Å². The molecule has 1 aliphatic rings. The lowest BCUT2D eigenvalue weighted by Crippen LogP contribution is -2.45. The lowest BCUT2D eigenvalue weighted by molar-refractivity contribution is 0.101. The van der Waals surface area contributed by atoms with Crippen LogP contribution in [0, 0.1) is 29.1 Å². The molecule has 2 aromatic rings.